The van der Waals surface area contributed by atoms with Gasteiger partial charge in [-0.25, -0.2) is 4.98 Å². The predicted octanol–water partition coefficient (Wildman–Crippen LogP) is 3.96. The lowest BCUT2D eigenvalue weighted by Gasteiger charge is -2.28. The van der Waals surface area contributed by atoms with Gasteiger partial charge in [0.25, 0.3) is 5.89 Å². The fourth-order valence-electron chi connectivity index (χ4n) is 5.30. The molecule has 0 spiro atoms. The number of pyridine rings is 1. The maximum absolute atomic E-state index is 5.63. The highest BCUT2D eigenvalue weighted by atomic mass is 16.5. The van der Waals surface area contributed by atoms with Gasteiger partial charge in [-0.1, -0.05) is 17.3 Å². The topological polar surface area (TPSA) is 94.1 Å². The van der Waals surface area contributed by atoms with Crippen LogP contribution in [0.4, 0.5) is 5.82 Å². The second-order valence-electron chi connectivity index (χ2n) is 9.97. The average molecular weight is 500 g/mol. The van der Waals surface area contributed by atoms with E-state index in [1.54, 1.807) is 0 Å². The lowest BCUT2D eigenvalue weighted by Crippen LogP contribution is -2.43. The molecule has 192 valence electrons. The van der Waals surface area contributed by atoms with Gasteiger partial charge in [0.2, 0.25) is 5.82 Å². The maximum Gasteiger partial charge on any atom is 0.278 e. The van der Waals surface area contributed by atoms with E-state index in [0.29, 0.717) is 29.9 Å². The van der Waals surface area contributed by atoms with Crippen LogP contribution in [-0.4, -0.2) is 64.3 Å². The first kappa shape index (κ1) is 23.8. The molecule has 9 nitrogen and oxygen atoms in total. The van der Waals surface area contributed by atoms with Gasteiger partial charge >= 0.3 is 0 Å². The van der Waals surface area contributed by atoms with Crippen molar-refractivity contribution in [1.29, 1.82) is 0 Å². The molecule has 2 aliphatic heterocycles. The smallest absolute Gasteiger partial charge is 0.278 e. The first-order chi connectivity index (χ1) is 18.1. The van der Waals surface area contributed by atoms with Gasteiger partial charge in [0.1, 0.15) is 5.82 Å². The van der Waals surface area contributed by atoms with E-state index in [4.69, 9.17) is 14.4 Å². The van der Waals surface area contributed by atoms with Crippen molar-refractivity contribution in [3.05, 3.63) is 65.0 Å². The number of nitrogens with one attached hydrogen (secondary N) is 1. The molecule has 0 unspecified atom stereocenters. The molecule has 2 aliphatic rings. The number of benzene rings is 1. The van der Waals surface area contributed by atoms with Crippen LogP contribution in [0.15, 0.2) is 47.1 Å². The number of piperazine rings is 1. The second kappa shape index (κ2) is 10.4. The van der Waals surface area contributed by atoms with E-state index < -0.39 is 0 Å². The molecule has 2 saturated heterocycles. The highest BCUT2D eigenvalue weighted by Gasteiger charge is 2.20. The summed E-state index contributed by atoms with van der Waals surface area (Å²) in [5.74, 6) is 2.59. The van der Waals surface area contributed by atoms with Crippen molar-refractivity contribution in [3.8, 4) is 23.0 Å². The van der Waals surface area contributed by atoms with E-state index in [-0.39, 0.29) is 0 Å². The summed E-state index contributed by atoms with van der Waals surface area (Å²) in [7, 11) is 0. The molecule has 5 heterocycles. The molecule has 0 aliphatic carbocycles. The highest BCUT2D eigenvalue weighted by Crippen LogP contribution is 2.32. The first-order valence-corrected chi connectivity index (χ1v) is 13.1. The monoisotopic (exact) mass is 499 g/mol. The molecule has 1 N–H and O–H groups in total. The summed E-state index contributed by atoms with van der Waals surface area (Å²) >= 11 is 0. The van der Waals surface area contributed by atoms with Crippen LogP contribution >= 0.6 is 0 Å². The molecule has 0 atom stereocenters. The van der Waals surface area contributed by atoms with Crippen molar-refractivity contribution in [2.75, 3.05) is 44.3 Å². The van der Waals surface area contributed by atoms with Gasteiger partial charge in [-0.2, -0.15) is 10.1 Å². The zero-order valence-corrected chi connectivity index (χ0v) is 21.5. The Morgan fingerprint density at radius 3 is 2.68 bits per heavy atom. The molecule has 0 saturated carbocycles. The van der Waals surface area contributed by atoms with Gasteiger partial charge in [-0.15, -0.1) is 0 Å². The zero-order valence-electron chi connectivity index (χ0n) is 21.5. The quantitative estimate of drug-likeness (QED) is 0.426. The number of hydrogen-bond donors (Lipinski definition) is 1. The summed E-state index contributed by atoms with van der Waals surface area (Å²) in [4.78, 5) is 11.6. The van der Waals surface area contributed by atoms with Crippen molar-refractivity contribution < 1.29 is 9.26 Å². The van der Waals surface area contributed by atoms with E-state index in [1.165, 1.54) is 11.1 Å². The van der Waals surface area contributed by atoms with Gasteiger partial charge in [0.05, 0.1) is 6.54 Å². The molecule has 37 heavy (non-hydrogen) atoms. The number of anilines is 1. The third kappa shape index (κ3) is 5.14. The molecular formula is C28H33N7O2. The van der Waals surface area contributed by atoms with Crippen LogP contribution in [0.1, 0.15) is 41.1 Å². The summed E-state index contributed by atoms with van der Waals surface area (Å²) in [5, 5.41) is 12.4. The minimum absolute atomic E-state index is 0.430. The van der Waals surface area contributed by atoms with Crippen molar-refractivity contribution >= 4 is 5.82 Å². The summed E-state index contributed by atoms with van der Waals surface area (Å²) in [5.41, 5.74) is 6.48. The number of aryl methyl sites for hydroxylation is 2. The number of ether oxygens (including phenoxy) is 1. The molecule has 9 heteroatoms. The van der Waals surface area contributed by atoms with Crippen LogP contribution in [0.5, 0.6) is 0 Å². The maximum atomic E-state index is 5.63. The van der Waals surface area contributed by atoms with Crippen LogP contribution in [0.25, 0.3) is 23.0 Å². The highest BCUT2D eigenvalue weighted by molar-refractivity contribution is 5.60. The van der Waals surface area contributed by atoms with Crippen LogP contribution in [0, 0.1) is 13.8 Å². The average Bonchev–Trinajstić information content (AvgIpc) is 3.57. The molecule has 0 bridgehead atoms. The standard InChI is InChI=1S/C28H33N7O2/c1-19-15-23(3-4-24(19)22-6-13-36-14-7-22)27-31-28(37-33-27)25-16-20(2)35(32-25)18-21-5-8-30-26(17-21)34-11-9-29-10-12-34/h3-5,8,15-17,22,29H,6-7,9-14,18H2,1-2H3. The fourth-order valence-corrected chi connectivity index (χ4v) is 5.30. The van der Waals surface area contributed by atoms with Crippen LogP contribution in [-0.2, 0) is 11.3 Å². The van der Waals surface area contributed by atoms with Crippen molar-refractivity contribution in [1.82, 2.24) is 30.2 Å². The minimum atomic E-state index is 0.430. The van der Waals surface area contributed by atoms with E-state index in [0.717, 1.165) is 74.9 Å². The Hall–Kier alpha value is -3.56. The van der Waals surface area contributed by atoms with Gasteiger partial charge in [0.15, 0.2) is 5.69 Å². The Bertz CT molecular complexity index is 1370. The van der Waals surface area contributed by atoms with Gasteiger partial charge in [-0.3, -0.25) is 4.68 Å². The van der Waals surface area contributed by atoms with Crippen LogP contribution in [0.3, 0.4) is 0 Å². The van der Waals surface area contributed by atoms with Crippen molar-refractivity contribution in [2.24, 2.45) is 0 Å². The Kier molecular flexibility index (Phi) is 6.72. The van der Waals surface area contributed by atoms with Crippen molar-refractivity contribution in [3.63, 3.8) is 0 Å². The van der Waals surface area contributed by atoms with Gasteiger partial charge < -0.3 is 19.5 Å². The number of rotatable bonds is 6. The molecule has 4 aromatic rings. The Morgan fingerprint density at radius 1 is 1.03 bits per heavy atom. The minimum Gasteiger partial charge on any atom is -0.381 e. The predicted molar refractivity (Wildman–Crippen MR) is 142 cm³/mol. The first-order valence-electron chi connectivity index (χ1n) is 13.1. The van der Waals surface area contributed by atoms with Gasteiger partial charge in [0, 0.05) is 56.8 Å². The molecule has 1 aromatic carbocycles. The third-order valence-electron chi connectivity index (χ3n) is 7.40. The molecule has 0 amide bonds. The Balaban J connectivity index is 1.18. The normalized spacial score (nSPS) is 16.9. The van der Waals surface area contributed by atoms with E-state index in [9.17, 15) is 0 Å². The molecular weight excluding hydrogens is 466 g/mol. The lowest BCUT2D eigenvalue weighted by atomic mass is 9.88. The number of aromatic nitrogens is 5. The Labute approximate surface area is 216 Å². The van der Waals surface area contributed by atoms with Crippen LogP contribution in [0.2, 0.25) is 0 Å². The molecule has 3 aromatic heterocycles. The van der Waals surface area contributed by atoms with E-state index >= 15 is 0 Å². The second-order valence-corrected chi connectivity index (χ2v) is 9.97. The third-order valence-corrected chi connectivity index (χ3v) is 7.40. The summed E-state index contributed by atoms with van der Waals surface area (Å²) in [6.45, 7) is 10.4. The van der Waals surface area contributed by atoms with Crippen LogP contribution < -0.4 is 10.2 Å². The zero-order chi connectivity index (χ0) is 25.2. The molecule has 2 fully saturated rings. The van der Waals surface area contributed by atoms with Crippen molar-refractivity contribution in [2.45, 2.75) is 39.2 Å². The van der Waals surface area contributed by atoms with Gasteiger partial charge in [-0.05, 0) is 73.6 Å². The molecule has 0 radical (unpaired) electrons. The number of nitrogens with zero attached hydrogens (tertiary/aromatic N) is 6. The lowest BCUT2D eigenvalue weighted by molar-refractivity contribution is 0.0852. The SMILES string of the molecule is Cc1cc(-c2noc(-c3cc(C)n(Cc4ccnc(N5CCNCC5)c4)n3)n2)ccc1C1CCOCC1. The van der Waals surface area contributed by atoms with E-state index in [2.05, 4.69) is 56.5 Å². The summed E-state index contributed by atoms with van der Waals surface area (Å²) in [6, 6.07) is 12.7. The summed E-state index contributed by atoms with van der Waals surface area (Å²) < 4.78 is 13.1. The largest absolute Gasteiger partial charge is 0.381 e. The molecule has 6 rings (SSSR count). The van der Waals surface area contributed by atoms with E-state index in [1.807, 2.05) is 29.9 Å². The summed E-state index contributed by atoms with van der Waals surface area (Å²) in [6.07, 6.45) is 4.03. The fraction of sp³-hybridized carbons (Fsp3) is 0.429. The number of hydrogen-bond acceptors (Lipinski definition) is 8. The Morgan fingerprint density at radius 2 is 1.86 bits per heavy atom.